The van der Waals surface area contributed by atoms with E-state index >= 15 is 0 Å². The number of para-hydroxylation sites is 1. The van der Waals surface area contributed by atoms with Crippen molar-refractivity contribution in [3.63, 3.8) is 0 Å². The topological polar surface area (TPSA) is 99.8 Å². The molecule has 3 aromatic rings. The molecular formula is C26H29N5O2. The van der Waals surface area contributed by atoms with E-state index in [1.54, 1.807) is 6.20 Å². The molecule has 7 heteroatoms. The highest BCUT2D eigenvalue weighted by atomic mass is 16.2. The van der Waals surface area contributed by atoms with Crippen molar-refractivity contribution in [1.29, 1.82) is 5.26 Å². The van der Waals surface area contributed by atoms with E-state index in [0.29, 0.717) is 18.5 Å². The Morgan fingerprint density at radius 2 is 2.00 bits per heavy atom. The average molecular weight is 444 g/mol. The van der Waals surface area contributed by atoms with Crippen LogP contribution in [0, 0.1) is 24.2 Å². The quantitative estimate of drug-likeness (QED) is 0.610. The molecule has 1 fully saturated rings. The number of fused-ring (bicyclic) bond motifs is 1. The zero-order valence-corrected chi connectivity index (χ0v) is 19.0. The van der Waals surface area contributed by atoms with Gasteiger partial charge in [0, 0.05) is 42.3 Å². The minimum absolute atomic E-state index is 0.172. The van der Waals surface area contributed by atoms with Crippen LogP contribution in [0.2, 0.25) is 0 Å². The zero-order chi connectivity index (χ0) is 23.4. The second kappa shape index (κ2) is 9.86. The van der Waals surface area contributed by atoms with Crippen molar-refractivity contribution in [2.24, 2.45) is 13.0 Å². The van der Waals surface area contributed by atoms with E-state index in [-0.39, 0.29) is 23.8 Å². The van der Waals surface area contributed by atoms with Gasteiger partial charge in [0.15, 0.2) is 0 Å². The lowest BCUT2D eigenvalue weighted by molar-refractivity contribution is -0.127. The molecule has 0 radical (unpaired) electrons. The predicted molar refractivity (Wildman–Crippen MR) is 126 cm³/mol. The number of carbonyl (C=O) groups is 2. The van der Waals surface area contributed by atoms with Gasteiger partial charge in [-0.3, -0.25) is 14.6 Å². The highest BCUT2D eigenvalue weighted by Crippen LogP contribution is 2.26. The van der Waals surface area contributed by atoms with Crippen LogP contribution in [-0.4, -0.2) is 33.4 Å². The van der Waals surface area contributed by atoms with Crippen LogP contribution in [0.25, 0.3) is 10.9 Å². The number of amides is 2. The Kier molecular flexibility index (Phi) is 6.74. The molecule has 2 amide bonds. The average Bonchev–Trinajstić information content (AvgIpc) is 3.15. The summed E-state index contributed by atoms with van der Waals surface area (Å²) < 4.78 is 1.88. The van der Waals surface area contributed by atoms with Gasteiger partial charge in [0.2, 0.25) is 5.91 Å². The Morgan fingerprint density at radius 3 is 2.76 bits per heavy atom. The highest BCUT2D eigenvalue weighted by molar-refractivity contribution is 5.99. The number of benzene rings is 1. The van der Waals surface area contributed by atoms with Gasteiger partial charge in [-0.05, 0) is 49.6 Å². The highest BCUT2D eigenvalue weighted by Gasteiger charge is 2.33. The summed E-state index contributed by atoms with van der Waals surface area (Å²) >= 11 is 0. The summed E-state index contributed by atoms with van der Waals surface area (Å²) in [6.45, 7) is 1.90. The van der Waals surface area contributed by atoms with E-state index in [1.165, 1.54) is 0 Å². The molecule has 3 atom stereocenters. The second-order valence-corrected chi connectivity index (χ2v) is 8.82. The van der Waals surface area contributed by atoms with Crippen molar-refractivity contribution in [1.82, 2.24) is 20.2 Å². The van der Waals surface area contributed by atoms with E-state index in [9.17, 15) is 14.9 Å². The van der Waals surface area contributed by atoms with Crippen molar-refractivity contribution >= 4 is 22.7 Å². The zero-order valence-electron chi connectivity index (χ0n) is 19.0. The lowest BCUT2D eigenvalue weighted by Gasteiger charge is -2.31. The Labute approximate surface area is 193 Å². The third kappa shape index (κ3) is 5.06. The monoisotopic (exact) mass is 443 g/mol. The van der Waals surface area contributed by atoms with Crippen LogP contribution >= 0.6 is 0 Å². The van der Waals surface area contributed by atoms with Crippen molar-refractivity contribution in [2.45, 2.75) is 51.1 Å². The summed E-state index contributed by atoms with van der Waals surface area (Å²) in [5, 5.41) is 16.6. The number of carbonyl (C=O) groups excluding carboxylic acids is 2. The molecule has 7 nitrogen and oxygen atoms in total. The molecule has 4 rings (SSSR count). The van der Waals surface area contributed by atoms with Gasteiger partial charge < -0.3 is 15.2 Å². The first-order valence-electron chi connectivity index (χ1n) is 11.4. The smallest absolute Gasteiger partial charge is 0.268 e. The van der Waals surface area contributed by atoms with Gasteiger partial charge >= 0.3 is 0 Å². The van der Waals surface area contributed by atoms with Crippen molar-refractivity contribution < 1.29 is 9.59 Å². The number of nitriles is 1. The van der Waals surface area contributed by atoms with Gasteiger partial charge in [-0.2, -0.15) is 5.26 Å². The molecule has 2 N–H and O–H groups in total. The number of hydrogen-bond acceptors (Lipinski definition) is 4. The first-order chi connectivity index (χ1) is 16.0. The molecule has 0 aliphatic heterocycles. The lowest BCUT2D eigenvalue weighted by Crippen LogP contribution is -2.50. The standard InChI is InChI=1S/C26H29N5O2/c1-17-13-18(11-12-28-17)14-20(16-27)29-25(32)21-8-4-5-9-22(21)30-26(33)24-15-19-7-3-6-10-23(19)31(24)2/h3,6-7,10-13,15,20-22H,4-5,8-9,14H2,1-2H3,(H,29,32)(H,30,33)/t20?,21-,22+/m1/s1. The van der Waals surface area contributed by atoms with Crippen LogP contribution in [0.4, 0.5) is 0 Å². The Hall–Kier alpha value is -3.66. The molecule has 1 aromatic carbocycles. The molecule has 0 spiro atoms. The van der Waals surface area contributed by atoms with Crippen molar-refractivity contribution in [3.05, 3.63) is 65.6 Å². The SMILES string of the molecule is Cc1cc(CC(C#N)NC(=O)[C@@H]2CCCC[C@@H]2NC(=O)c2cc3ccccc3n2C)ccn1. The van der Waals surface area contributed by atoms with Crippen LogP contribution in [0.3, 0.4) is 0 Å². The molecule has 1 unspecified atom stereocenters. The summed E-state index contributed by atoms with van der Waals surface area (Å²) in [6, 6.07) is 14.8. The van der Waals surface area contributed by atoms with Gasteiger partial charge in [0.25, 0.3) is 5.91 Å². The van der Waals surface area contributed by atoms with E-state index in [2.05, 4.69) is 21.7 Å². The molecule has 1 saturated carbocycles. The van der Waals surface area contributed by atoms with Gasteiger partial charge in [-0.25, -0.2) is 0 Å². The van der Waals surface area contributed by atoms with Gasteiger partial charge in [0.05, 0.1) is 12.0 Å². The molecule has 170 valence electrons. The third-order valence-electron chi connectivity index (χ3n) is 6.48. The number of hydrogen-bond donors (Lipinski definition) is 2. The Bertz CT molecular complexity index is 1210. The molecular weight excluding hydrogens is 414 g/mol. The maximum absolute atomic E-state index is 13.1. The van der Waals surface area contributed by atoms with Gasteiger partial charge in [-0.1, -0.05) is 31.0 Å². The van der Waals surface area contributed by atoms with Crippen LogP contribution in [-0.2, 0) is 18.3 Å². The number of aryl methyl sites for hydroxylation is 2. The Balaban J connectivity index is 1.44. The normalized spacial score (nSPS) is 18.9. The fourth-order valence-electron chi connectivity index (χ4n) is 4.74. The maximum Gasteiger partial charge on any atom is 0.268 e. The summed E-state index contributed by atoms with van der Waals surface area (Å²) in [5.74, 6) is -0.704. The van der Waals surface area contributed by atoms with Crippen molar-refractivity contribution in [2.75, 3.05) is 0 Å². The first kappa shape index (κ1) is 22.5. The van der Waals surface area contributed by atoms with Crippen LogP contribution < -0.4 is 10.6 Å². The van der Waals surface area contributed by atoms with E-state index in [4.69, 9.17) is 0 Å². The summed E-state index contributed by atoms with van der Waals surface area (Å²) in [4.78, 5) is 30.4. The number of pyridine rings is 1. The van der Waals surface area contributed by atoms with E-state index in [1.807, 2.05) is 61.0 Å². The lowest BCUT2D eigenvalue weighted by atomic mass is 9.83. The largest absolute Gasteiger partial charge is 0.347 e. The first-order valence-corrected chi connectivity index (χ1v) is 11.4. The van der Waals surface area contributed by atoms with Crippen LogP contribution in [0.15, 0.2) is 48.7 Å². The van der Waals surface area contributed by atoms with Crippen molar-refractivity contribution in [3.8, 4) is 6.07 Å². The Morgan fingerprint density at radius 1 is 1.21 bits per heavy atom. The molecule has 1 aliphatic carbocycles. The van der Waals surface area contributed by atoms with Crippen LogP contribution in [0.1, 0.15) is 47.4 Å². The summed E-state index contributed by atoms with van der Waals surface area (Å²) in [7, 11) is 1.88. The maximum atomic E-state index is 13.1. The minimum Gasteiger partial charge on any atom is -0.347 e. The van der Waals surface area contributed by atoms with E-state index in [0.717, 1.165) is 41.4 Å². The predicted octanol–water partition coefficient (Wildman–Crippen LogP) is 3.42. The fourth-order valence-corrected chi connectivity index (χ4v) is 4.74. The minimum atomic E-state index is -0.629. The number of aromatic nitrogens is 2. The third-order valence-corrected chi connectivity index (χ3v) is 6.48. The van der Waals surface area contributed by atoms with E-state index < -0.39 is 6.04 Å². The summed E-state index contributed by atoms with van der Waals surface area (Å²) in [5.41, 5.74) is 3.39. The van der Waals surface area contributed by atoms with Gasteiger partial charge in [0.1, 0.15) is 11.7 Å². The number of rotatable bonds is 6. The fraction of sp³-hybridized carbons (Fsp3) is 0.385. The molecule has 33 heavy (non-hydrogen) atoms. The molecule has 0 saturated heterocycles. The molecule has 2 heterocycles. The second-order valence-electron chi connectivity index (χ2n) is 8.82. The van der Waals surface area contributed by atoms with Crippen LogP contribution in [0.5, 0.6) is 0 Å². The van der Waals surface area contributed by atoms with Gasteiger partial charge in [-0.15, -0.1) is 0 Å². The number of nitrogens with zero attached hydrogens (tertiary/aromatic N) is 3. The molecule has 0 bridgehead atoms. The molecule has 1 aliphatic rings. The number of nitrogens with one attached hydrogen (secondary N) is 2. The summed E-state index contributed by atoms with van der Waals surface area (Å²) in [6.07, 6.45) is 5.46. The molecule has 2 aromatic heterocycles.